The molecule has 4 aliphatic heterocycles. The number of piperidine rings is 1. The highest BCUT2D eigenvalue weighted by Gasteiger charge is 2.58. The SMILES string of the molecule is CC(C)N1C(=O)N(CC2CCOCC2)CC12CC1CCC(C2)N1CC[C@H](NC(=O)C1CCC(C(F)(F)F)CC1)c1ccccc1.Cl. The van der Waals surface area contributed by atoms with Crippen LogP contribution in [0.15, 0.2) is 30.3 Å². The molecule has 258 valence electrons. The van der Waals surface area contributed by atoms with Gasteiger partial charge in [-0.15, -0.1) is 12.4 Å². The lowest BCUT2D eigenvalue weighted by atomic mass is 9.80. The first kappa shape index (κ1) is 35.3. The molecule has 1 spiro atoms. The van der Waals surface area contributed by atoms with Crippen molar-refractivity contribution < 1.29 is 27.5 Å². The van der Waals surface area contributed by atoms with Gasteiger partial charge >= 0.3 is 12.2 Å². The molecule has 0 radical (unpaired) electrons. The smallest absolute Gasteiger partial charge is 0.381 e. The molecule has 3 amide bonds. The number of benzene rings is 1. The van der Waals surface area contributed by atoms with Gasteiger partial charge in [-0.25, -0.2) is 4.79 Å². The normalized spacial score (nSPS) is 31.4. The van der Waals surface area contributed by atoms with Crippen LogP contribution in [0.5, 0.6) is 0 Å². The largest absolute Gasteiger partial charge is 0.391 e. The number of rotatable bonds is 9. The first-order valence-corrected chi connectivity index (χ1v) is 17.4. The van der Waals surface area contributed by atoms with E-state index >= 15 is 0 Å². The number of urea groups is 1. The molecular weight excluding hydrogens is 617 g/mol. The summed E-state index contributed by atoms with van der Waals surface area (Å²) in [4.78, 5) is 34.1. The first-order valence-electron chi connectivity index (χ1n) is 17.4. The zero-order valence-electron chi connectivity index (χ0n) is 27.4. The Labute approximate surface area is 278 Å². The van der Waals surface area contributed by atoms with Crippen LogP contribution >= 0.6 is 12.4 Å². The minimum absolute atomic E-state index is 0. The maximum atomic E-state index is 13.8. The molecule has 11 heteroatoms. The van der Waals surface area contributed by atoms with Crippen molar-refractivity contribution in [3.63, 3.8) is 0 Å². The van der Waals surface area contributed by atoms with Crippen LogP contribution in [0.1, 0.15) is 96.1 Å². The fourth-order valence-electron chi connectivity index (χ4n) is 9.37. The van der Waals surface area contributed by atoms with Crippen LogP contribution in [0.2, 0.25) is 0 Å². The minimum atomic E-state index is -4.18. The standard InChI is InChI=1S/C35H51F3N4O3.ClH/c1-24(2)42-33(44)40(22-25-15-18-45-19-16-25)23-34(42)20-29-12-13-30(21-34)41(29)17-14-31(26-6-4-3-5-7-26)39-32(43)27-8-10-28(11-9-27)35(36,37)38;/h3-7,24-25,27-31H,8-23H2,1-2H3,(H,39,43);1H/t27?,28?,29?,30?,31-,34?;/m0./s1. The maximum absolute atomic E-state index is 13.8. The molecule has 4 heterocycles. The zero-order chi connectivity index (χ0) is 31.8. The molecule has 1 N–H and O–H groups in total. The van der Waals surface area contributed by atoms with Crippen molar-refractivity contribution in [3.8, 4) is 0 Å². The van der Waals surface area contributed by atoms with E-state index in [1.165, 1.54) is 0 Å². The molecule has 3 atom stereocenters. The number of carbonyl (C=O) groups excluding carboxylic acids is 2. The highest BCUT2D eigenvalue weighted by Crippen LogP contribution is 2.48. The van der Waals surface area contributed by atoms with E-state index in [-0.39, 0.29) is 73.6 Å². The van der Waals surface area contributed by atoms with E-state index in [4.69, 9.17) is 4.74 Å². The van der Waals surface area contributed by atoms with E-state index in [9.17, 15) is 22.8 Å². The molecular formula is C35H52ClF3N4O3. The number of hydrogen-bond acceptors (Lipinski definition) is 4. The van der Waals surface area contributed by atoms with Crippen molar-refractivity contribution in [2.24, 2.45) is 17.8 Å². The molecule has 46 heavy (non-hydrogen) atoms. The second-order valence-electron chi connectivity index (χ2n) is 14.8. The predicted molar refractivity (Wildman–Crippen MR) is 174 cm³/mol. The van der Waals surface area contributed by atoms with Gasteiger partial charge in [0.1, 0.15) is 0 Å². The van der Waals surface area contributed by atoms with E-state index in [1.807, 2.05) is 30.3 Å². The molecule has 1 saturated carbocycles. The number of nitrogens with zero attached hydrogens (tertiary/aromatic N) is 3. The topological polar surface area (TPSA) is 65.1 Å². The highest BCUT2D eigenvalue weighted by molar-refractivity contribution is 5.85. The molecule has 1 aromatic carbocycles. The van der Waals surface area contributed by atoms with Crippen LogP contribution in [-0.2, 0) is 9.53 Å². The van der Waals surface area contributed by atoms with Gasteiger partial charge in [-0.2, -0.15) is 13.2 Å². The Morgan fingerprint density at radius 3 is 2.20 bits per heavy atom. The van der Waals surface area contributed by atoms with Crippen LogP contribution in [0.4, 0.5) is 18.0 Å². The lowest BCUT2D eigenvalue weighted by molar-refractivity contribution is -0.184. The number of fused-ring (bicyclic) bond motifs is 2. The molecule has 1 aliphatic carbocycles. The van der Waals surface area contributed by atoms with Crippen molar-refractivity contribution >= 4 is 24.3 Å². The molecule has 1 aromatic rings. The van der Waals surface area contributed by atoms with E-state index in [1.54, 1.807) is 0 Å². The third-order valence-corrected chi connectivity index (χ3v) is 11.6. The first-order chi connectivity index (χ1) is 21.5. The summed E-state index contributed by atoms with van der Waals surface area (Å²) >= 11 is 0. The van der Waals surface area contributed by atoms with E-state index in [0.29, 0.717) is 18.0 Å². The fraction of sp³-hybridized carbons (Fsp3) is 0.771. The number of amides is 3. The van der Waals surface area contributed by atoms with Crippen LogP contribution in [0, 0.1) is 17.8 Å². The third kappa shape index (κ3) is 7.49. The molecule has 5 fully saturated rings. The summed E-state index contributed by atoms with van der Waals surface area (Å²) in [6.07, 6.45) is 3.42. The molecule has 5 aliphatic rings. The van der Waals surface area contributed by atoms with Crippen molar-refractivity contribution in [2.45, 2.75) is 120 Å². The third-order valence-electron chi connectivity index (χ3n) is 11.6. The predicted octanol–water partition coefficient (Wildman–Crippen LogP) is 6.96. The number of ether oxygens (including phenoxy) is 1. The van der Waals surface area contributed by atoms with Gasteiger partial charge in [0.05, 0.1) is 17.5 Å². The van der Waals surface area contributed by atoms with Crippen molar-refractivity contribution in [1.82, 2.24) is 20.0 Å². The molecule has 2 unspecified atom stereocenters. The molecule has 6 rings (SSSR count). The Morgan fingerprint density at radius 2 is 1.61 bits per heavy atom. The number of hydrogen-bond donors (Lipinski definition) is 1. The zero-order valence-corrected chi connectivity index (χ0v) is 28.2. The number of halogens is 4. The summed E-state index contributed by atoms with van der Waals surface area (Å²) in [5.74, 6) is -1.27. The highest BCUT2D eigenvalue weighted by atomic mass is 35.5. The Bertz CT molecular complexity index is 1160. The molecule has 2 bridgehead atoms. The van der Waals surface area contributed by atoms with E-state index < -0.39 is 12.1 Å². The molecule has 4 saturated heterocycles. The molecule has 7 nitrogen and oxygen atoms in total. The minimum Gasteiger partial charge on any atom is -0.381 e. The number of nitrogens with one attached hydrogen (secondary N) is 1. The summed E-state index contributed by atoms with van der Waals surface area (Å²) < 4.78 is 45.2. The van der Waals surface area contributed by atoms with Gasteiger partial charge in [-0.1, -0.05) is 30.3 Å². The quantitative estimate of drug-likeness (QED) is 0.309. The summed E-state index contributed by atoms with van der Waals surface area (Å²) in [5.41, 5.74) is 0.896. The van der Waals surface area contributed by atoms with Crippen LogP contribution in [-0.4, -0.2) is 89.3 Å². The van der Waals surface area contributed by atoms with Crippen LogP contribution in [0.25, 0.3) is 0 Å². The van der Waals surface area contributed by atoms with Gasteiger partial charge < -0.3 is 19.9 Å². The molecule has 0 aromatic heterocycles. The summed E-state index contributed by atoms with van der Waals surface area (Å²) in [6, 6.07) is 10.9. The lowest BCUT2D eigenvalue weighted by Gasteiger charge is -2.49. The van der Waals surface area contributed by atoms with Gasteiger partial charge in [-0.05, 0) is 96.0 Å². The van der Waals surface area contributed by atoms with Crippen molar-refractivity contribution in [3.05, 3.63) is 35.9 Å². The van der Waals surface area contributed by atoms with Crippen LogP contribution < -0.4 is 5.32 Å². The van der Waals surface area contributed by atoms with E-state index in [2.05, 4.69) is 33.9 Å². The van der Waals surface area contributed by atoms with Crippen LogP contribution in [0.3, 0.4) is 0 Å². The van der Waals surface area contributed by atoms with Gasteiger partial charge in [0, 0.05) is 56.9 Å². The summed E-state index contributed by atoms with van der Waals surface area (Å²) in [5, 5.41) is 3.25. The second kappa shape index (κ2) is 14.6. The fourth-order valence-corrected chi connectivity index (χ4v) is 9.37. The monoisotopic (exact) mass is 668 g/mol. The Balaban J connectivity index is 0.00000417. The Morgan fingerprint density at radius 1 is 0.978 bits per heavy atom. The average molecular weight is 669 g/mol. The average Bonchev–Trinajstić information content (AvgIpc) is 3.43. The van der Waals surface area contributed by atoms with Gasteiger partial charge in [0.15, 0.2) is 0 Å². The van der Waals surface area contributed by atoms with Gasteiger partial charge in [0.25, 0.3) is 0 Å². The number of alkyl halides is 3. The van der Waals surface area contributed by atoms with Gasteiger partial charge in [0.2, 0.25) is 5.91 Å². The summed E-state index contributed by atoms with van der Waals surface area (Å²) in [7, 11) is 0. The lowest BCUT2D eigenvalue weighted by Crippen LogP contribution is -2.60. The van der Waals surface area contributed by atoms with Gasteiger partial charge in [-0.3, -0.25) is 9.69 Å². The maximum Gasteiger partial charge on any atom is 0.391 e. The Hall–Kier alpha value is -2.04. The summed E-state index contributed by atoms with van der Waals surface area (Å²) in [6.45, 7) is 8.34. The van der Waals surface area contributed by atoms with Crippen molar-refractivity contribution in [2.75, 3.05) is 32.8 Å². The Kier molecular flexibility index (Phi) is 11.2. The van der Waals surface area contributed by atoms with Crippen molar-refractivity contribution in [1.29, 1.82) is 0 Å². The number of carbonyl (C=O) groups is 2. The van der Waals surface area contributed by atoms with E-state index in [0.717, 1.165) is 83.4 Å². The second-order valence-corrected chi connectivity index (χ2v) is 14.8.